The molecule has 8 heteroatoms. The first kappa shape index (κ1) is 16.5. The van der Waals surface area contributed by atoms with Gasteiger partial charge in [0.25, 0.3) is 0 Å². The molecule has 128 valence electrons. The first-order valence-corrected chi connectivity index (χ1v) is 8.22. The van der Waals surface area contributed by atoms with Gasteiger partial charge in [-0.25, -0.2) is 9.59 Å². The molecule has 1 atom stereocenters. The number of carbonyl (C=O) groups excluding carboxylic acids is 2. The van der Waals surface area contributed by atoms with Crippen molar-refractivity contribution in [2.45, 2.75) is 13.0 Å². The molecule has 2 saturated heterocycles. The highest BCUT2D eigenvalue weighted by molar-refractivity contribution is 7.80. The Balaban J connectivity index is 1.66. The fourth-order valence-corrected chi connectivity index (χ4v) is 2.88. The number of nitrogens with zero attached hydrogens (tertiary/aromatic N) is 3. The monoisotopic (exact) mass is 348 g/mol. The summed E-state index contributed by atoms with van der Waals surface area (Å²) in [7, 11) is 1.78. The molecule has 2 aliphatic heterocycles. The van der Waals surface area contributed by atoms with Gasteiger partial charge in [-0.1, -0.05) is 12.2 Å². The number of amides is 3. The quantitative estimate of drug-likeness (QED) is 0.841. The molecule has 0 aromatic heterocycles. The minimum Gasteiger partial charge on any atom is -0.442 e. The van der Waals surface area contributed by atoms with E-state index in [9.17, 15) is 9.59 Å². The van der Waals surface area contributed by atoms with Crippen LogP contribution in [-0.4, -0.2) is 61.3 Å². The van der Waals surface area contributed by atoms with Crippen molar-refractivity contribution < 1.29 is 14.3 Å². The lowest BCUT2D eigenvalue weighted by molar-refractivity contribution is 0.143. The molecular weight excluding hydrogens is 328 g/mol. The number of ether oxygens (including phenoxy) is 1. The summed E-state index contributed by atoms with van der Waals surface area (Å²) in [5.74, 6) is 0. The zero-order valence-electron chi connectivity index (χ0n) is 13.7. The van der Waals surface area contributed by atoms with Crippen molar-refractivity contribution >= 4 is 40.7 Å². The standard InChI is InChI=1S/C16H20N4O3S/c1-11(24)17-9-14-10-20(16(22)23-14)13-5-3-12(4-6-13)19-8-7-18(2)15(19)21/h3-6,14H,7-10H2,1-2H3,(H,17,24)/t14-/m0/s1. The summed E-state index contributed by atoms with van der Waals surface area (Å²) < 4.78 is 5.33. The van der Waals surface area contributed by atoms with Crippen LogP contribution in [0.5, 0.6) is 0 Å². The molecule has 2 aliphatic rings. The van der Waals surface area contributed by atoms with Crippen LogP contribution in [-0.2, 0) is 4.74 Å². The Morgan fingerprint density at radius 1 is 1.21 bits per heavy atom. The number of urea groups is 1. The maximum atomic E-state index is 12.0. The summed E-state index contributed by atoms with van der Waals surface area (Å²) in [6.45, 7) is 4.15. The third-order valence-corrected chi connectivity index (χ3v) is 4.29. The van der Waals surface area contributed by atoms with Gasteiger partial charge in [0.1, 0.15) is 6.10 Å². The van der Waals surface area contributed by atoms with Crippen molar-refractivity contribution in [1.82, 2.24) is 10.2 Å². The number of likely N-dealkylation sites (N-methyl/N-ethyl adjacent to an activating group) is 1. The normalized spacial score (nSPS) is 20.6. The molecule has 0 aliphatic carbocycles. The molecule has 7 nitrogen and oxygen atoms in total. The molecule has 0 unspecified atom stereocenters. The molecule has 1 aromatic carbocycles. The SMILES string of the molecule is CC(=S)NC[C@H]1CN(c2ccc(N3CCN(C)C3=O)cc2)C(=O)O1. The Kier molecular flexibility index (Phi) is 4.57. The Morgan fingerprint density at radius 3 is 2.38 bits per heavy atom. The Hall–Kier alpha value is -2.35. The lowest BCUT2D eigenvalue weighted by Crippen LogP contribution is -2.32. The minimum absolute atomic E-state index is 0.00925. The van der Waals surface area contributed by atoms with Gasteiger partial charge in [0.2, 0.25) is 0 Å². The van der Waals surface area contributed by atoms with Gasteiger partial charge in [0.05, 0.1) is 18.1 Å². The molecule has 1 N–H and O–H groups in total. The van der Waals surface area contributed by atoms with E-state index in [0.29, 0.717) is 31.2 Å². The Labute approximate surface area is 146 Å². The second-order valence-corrected chi connectivity index (χ2v) is 6.54. The number of rotatable bonds is 4. The van der Waals surface area contributed by atoms with Crippen LogP contribution < -0.4 is 15.1 Å². The third kappa shape index (κ3) is 3.28. The molecule has 24 heavy (non-hydrogen) atoms. The topological polar surface area (TPSA) is 65.1 Å². The van der Waals surface area contributed by atoms with Crippen LogP contribution >= 0.6 is 12.2 Å². The molecule has 1 aromatic rings. The molecule has 0 saturated carbocycles. The molecule has 3 rings (SSSR count). The Bertz CT molecular complexity index is 664. The van der Waals surface area contributed by atoms with Crippen molar-refractivity contribution in [3.05, 3.63) is 24.3 Å². The Morgan fingerprint density at radius 2 is 1.83 bits per heavy atom. The second kappa shape index (κ2) is 6.64. The number of cyclic esters (lactones) is 1. The van der Waals surface area contributed by atoms with Crippen LogP contribution in [0.2, 0.25) is 0 Å². The lowest BCUT2D eigenvalue weighted by atomic mass is 10.2. The summed E-state index contributed by atoms with van der Waals surface area (Å²) >= 11 is 4.97. The predicted octanol–water partition coefficient (Wildman–Crippen LogP) is 1.82. The molecular formula is C16H20N4O3S. The number of carbonyl (C=O) groups is 2. The smallest absolute Gasteiger partial charge is 0.414 e. The molecule has 0 spiro atoms. The number of hydrogen-bond acceptors (Lipinski definition) is 4. The van der Waals surface area contributed by atoms with Crippen LogP contribution in [0.15, 0.2) is 24.3 Å². The maximum absolute atomic E-state index is 12.0. The van der Waals surface area contributed by atoms with E-state index in [4.69, 9.17) is 17.0 Å². The molecule has 0 bridgehead atoms. The zero-order chi connectivity index (χ0) is 17.3. The summed E-state index contributed by atoms with van der Waals surface area (Å²) in [6.07, 6.45) is -0.600. The van der Waals surface area contributed by atoms with E-state index in [1.54, 1.807) is 28.7 Å². The largest absolute Gasteiger partial charge is 0.442 e. The van der Waals surface area contributed by atoms with Crippen molar-refractivity contribution in [1.29, 1.82) is 0 Å². The molecule has 2 heterocycles. The summed E-state index contributed by atoms with van der Waals surface area (Å²) in [4.78, 5) is 29.7. The number of hydrogen-bond donors (Lipinski definition) is 1. The zero-order valence-corrected chi connectivity index (χ0v) is 14.5. The van der Waals surface area contributed by atoms with Gasteiger partial charge >= 0.3 is 12.1 Å². The third-order valence-electron chi connectivity index (χ3n) is 4.14. The van der Waals surface area contributed by atoms with Gasteiger partial charge in [-0.05, 0) is 31.2 Å². The van der Waals surface area contributed by atoms with Crippen LogP contribution in [0, 0.1) is 0 Å². The van der Waals surface area contributed by atoms with Gasteiger partial charge in [0.15, 0.2) is 0 Å². The predicted molar refractivity (Wildman–Crippen MR) is 95.7 cm³/mol. The highest BCUT2D eigenvalue weighted by Gasteiger charge is 2.32. The van der Waals surface area contributed by atoms with Crippen molar-refractivity contribution in [3.63, 3.8) is 0 Å². The van der Waals surface area contributed by atoms with Gasteiger partial charge in [0, 0.05) is 31.5 Å². The van der Waals surface area contributed by atoms with E-state index >= 15 is 0 Å². The van der Waals surface area contributed by atoms with Gasteiger partial charge in [-0.3, -0.25) is 9.80 Å². The van der Waals surface area contributed by atoms with Crippen LogP contribution in [0.25, 0.3) is 0 Å². The molecule has 3 amide bonds. The summed E-state index contributed by atoms with van der Waals surface area (Å²) in [5.41, 5.74) is 1.58. The number of nitrogens with one attached hydrogen (secondary N) is 1. The molecule has 2 fully saturated rings. The average Bonchev–Trinajstić information content (AvgIpc) is 3.09. The highest BCUT2D eigenvalue weighted by atomic mass is 32.1. The first-order chi connectivity index (χ1) is 11.5. The van der Waals surface area contributed by atoms with Gasteiger partial charge in [-0.2, -0.15) is 0 Å². The fourth-order valence-electron chi connectivity index (χ4n) is 2.80. The van der Waals surface area contributed by atoms with E-state index < -0.39 is 0 Å². The van der Waals surface area contributed by atoms with E-state index in [2.05, 4.69) is 5.32 Å². The van der Waals surface area contributed by atoms with Crippen LogP contribution in [0.1, 0.15) is 6.92 Å². The van der Waals surface area contributed by atoms with E-state index in [1.807, 2.05) is 24.3 Å². The van der Waals surface area contributed by atoms with Gasteiger partial charge in [-0.15, -0.1) is 0 Å². The van der Waals surface area contributed by atoms with E-state index in [1.165, 1.54) is 0 Å². The van der Waals surface area contributed by atoms with Crippen molar-refractivity contribution in [2.75, 3.05) is 43.0 Å². The average molecular weight is 348 g/mol. The van der Waals surface area contributed by atoms with Crippen molar-refractivity contribution in [2.24, 2.45) is 0 Å². The maximum Gasteiger partial charge on any atom is 0.414 e. The van der Waals surface area contributed by atoms with Crippen LogP contribution in [0.3, 0.4) is 0 Å². The summed E-state index contributed by atoms with van der Waals surface area (Å²) in [6, 6.07) is 7.37. The van der Waals surface area contributed by atoms with Crippen molar-refractivity contribution in [3.8, 4) is 0 Å². The van der Waals surface area contributed by atoms with E-state index in [-0.39, 0.29) is 18.2 Å². The summed E-state index contributed by atoms with van der Waals surface area (Å²) in [5, 5.41) is 3.01. The number of benzene rings is 1. The molecule has 0 radical (unpaired) electrons. The highest BCUT2D eigenvalue weighted by Crippen LogP contribution is 2.26. The lowest BCUT2D eigenvalue weighted by Gasteiger charge is -2.18. The minimum atomic E-state index is -0.367. The second-order valence-electron chi connectivity index (χ2n) is 5.93. The number of anilines is 2. The van der Waals surface area contributed by atoms with Crippen LogP contribution in [0.4, 0.5) is 21.0 Å². The first-order valence-electron chi connectivity index (χ1n) is 7.81. The number of thiocarbonyl (C=S) groups is 1. The van der Waals surface area contributed by atoms with E-state index in [0.717, 1.165) is 11.4 Å². The fraction of sp³-hybridized carbons (Fsp3) is 0.438. The van der Waals surface area contributed by atoms with Gasteiger partial charge < -0.3 is 15.0 Å².